The number of carbonyl (C=O) groups is 2. The predicted molar refractivity (Wildman–Crippen MR) is 169 cm³/mol. The number of aromatic nitrogens is 6. The van der Waals surface area contributed by atoms with Gasteiger partial charge in [0.1, 0.15) is 30.8 Å². The molecule has 0 spiro atoms. The first-order valence-corrected chi connectivity index (χ1v) is 14.5. The Labute approximate surface area is 265 Å². The molecule has 1 amide bonds. The Morgan fingerprint density at radius 2 is 1.50 bits per heavy atom. The normalized spacial score (nSPS) is 11.2. The van der Waals surface area contributed by atoms with Gasteiger partial charge in [-0.05, 0) is 76.9 Å². The van der Waals surface area contributed by atoms with Crippen LogP contribution in [0.15, 0.2) is 28.8 Å². The largest absolute Gasteiger partial charge is 0.490 e. The van der Waals surface area contributed by atoms with E-state index < -0.39 is 24.6 Å². The quantitative estimate of drug-likeness (QED) is 0.123. The molecule has 0 fully saturated rings. The average Bonchev–Trinajstić information content (AvgIpc) is 3.50. The van der Waals surface area contributed by atoms with Crippen LogP contribution in [0.5, 0.6) is 5.75 Å². The zero-order chi connectivity index (χ0) is 33.8. The molecule has 0 saturated carbocycles. The lowest BCUT2D eigenvalue weighted by Gasteiger charge is -2.16. The number of nitrogens with zero attached hydrogens (tertiary/aromatic N) is 6. The number of aryl methyl sites for hydroxylation is 4. The summed E-state index contributed by atoms with van der Waals surface area (Å²) in [5, 5.41) is 39.8. The molecule has 0 radical (unpaired) electrons. The summed E-state index contributed by atoms with van der Waals surface area (Å²) in [4.78, 5) is 42.7. The van der Waals surface area contributed by atoms with Gasteiger partial charge in [-0.25, -0.2) is 24.7 Å². The lowest BCUT2D eigenvalue weighted by molar-refractivity contribution is -0.124. The molecule has 16 nitrogen and oxygen atoms in total. The summed E-state index contributed by atoms with van der Waals surface area (Å²) >= 11 is 0. The van der Waals surface area contributed by atoms with Crippen molar-refractivity contribution in [1.29, 1.82) is 0 Å². The van der Waals surface area contributed by atoms with E-state index in [9.17, 15) is 14.7 Å². The number of carbonyl (C=O) groups excluding carboxylic acids is 1. The summed E-state index contributed by atoms with van der Waals surface area (Å²) < 4.78 is 11.2. The Bertz CT molecular complexity index is 1620. The molecule has 0 aliphatic rings. The summed E-state index contributed by atoms with van der Waals surface area (Å²) in [6.45, 7) is 11.9. The minimum atomic E-state index is -1.04. The van der Waals surface area contributed by atoms with Crippen LogP contribution >= 0.6 is 0 Å². The summed E-state index contributed by atoms with van der Waals surface area (Å²) in [5.74, 6) is 0.592. The van der Waals surface area contributed by atoms with Crippen LogP contribution in [-0.4, -0.2) is 96.2 Å². The maximum absolute atomic E-state index is 11.1. The van der Waals surface area contributed by atoms with E-state index >= 15 is 0 Å². The molecule has 1 atom stereocenters. The summed E-state index contributed by atoms with van der Waals surface area (Å²) in [6, 6.07) is 6.95. The molecule has 0 aliphatic heterocycles. The second kappa shape index (κ2) is 16.7. The summed E-state index contributed by atoms with van der Waals surface area (Å²) in [5.41, 5.74) is 4.38. The number of benzene rings is 1. The number of carboxylic acid groups (broad SMARTS) is 1. The molecule has 6 N–H and O–H groups in total. The van der Waals surface area contributed by atoms with Crippen molar-refractivity contribution >= 4 is 23.8 Å². The number of carboxylic acids is 1. The number of nitrogens with one attached hydrogen (secondary N) is 3. The fourth-order valence-corrected chi connectivity index (χ4v) is 4.11. The number of hydrogen-bond acceptors (Lipinski definition) is 14. The van der Waals surface area contributed by atoms with Gasteiger partial charge in [0.2, 0.25) is 23.6 Å². The van der Waals surface area contributed by atoms with Crippen LogP contribution in [0.3, 0.4) is 0 Å². The number of rotatable bonds is 13. The SMILES string of the molecule is CCNc1nc(C)cc(-c2nc(-c3cc(C)c(OCC(O)CNC(=O)CO)c(C)c3)no2)n1.CCNc1nc(C)cc(C(=O)O)n1. The van der Waals surface area contributed by atoms with Crippen molar-refractivity contribution in [1.82, 2.24) is 35.4 Å². The van der Waals surface area contributed by atoms with Gasteiger partial charge < -0.3 is 40.5 Å². The lowest BCUT2D eigenvalue weighted by atomic mass is 10.1. The van der Waals surface area contributed by atoms with Crippen LogP contribution in [0.1, 0.15) is 46.9 Å². The van der Waals surface area contributed by atoms with Crippen molar-refractivity contribution in [3.05, 3.63) is 52.5 Å². The van der Waals surface area contributed by atoms with E-state index in [2.05, 4.69) is 46.0 Å². The van der Waals surface area contributed by atoms with E-state index in [1.54, 1.807) is 13.0 Å². The molecule has 1 unspecified atom stereocenters. The maximum Gasteiger partial charge on any atom is 0.354 e. The van der Waals surface area contributed by atoms with Crippen LogP contribution < -0.4 is 20.7 Å². The molecule has 16 heteroatoms. The van der Waals surface area contributed by atoms with Gasteiger partial charge >= 0.3 is 5.97 Å². The second-order valence-corrected chi connectivity index (χ2v) is 10.1. The van der Waals surface area contributed by atoms with Gasteiger partial charge in [0.15, 0.2) is 5.69 Å². The van der Waals surface area contributed by atoms with Crippen LogP contribution in [0.25, 0.3) is 23.0 Å². The number of aromatic carboxylic acids is 1. The predicted octanol–water partition coefficient (Wildman–Crippen LogP) is 2.31. The first-order chi connectivity index (χ1) is 21.9. The highest BCUT2D eigenvalue weighted by molar-refractivity contribution is 5.85. The molecule has 4 aromatic rings. The van der Waals surface area contributed by atoms with E-state index in [0.29, 0.717) is 53.8 Å². The number of aliphatic hydroxyl groups is 2. The average molecular weight is 638 g/mol. The van der Waals surface area contributed by atoms with Gasteiger partial charge in [-0.2, -0.15) is 4.98 Å². The van der Waals surface area contributed by atoms with E-state index in [1.165, 1.54) is 6.07 Å². The minimum Gasteiger partial charge on any atom is -0.490 e. The van der Waals surface area contributed by atoms with Crippen molar-refractivity contribution < 1.29 is 34.2 Å². The van der Waals surface area contributed by atoms with E-state index in [1.807, 2.05) is 46.8 Å². The molecule has 3 heterocycles. The fourth-order valence-electron chi connectivity index (χ4n) is 4.11. The van der Waals surface area contributed by atoms with Gasteiger partial charge in [0.25, 0.3) is 5.89 Å². The number of amides is 1. The molecule has 1 aromatic carbocycles. The van der Waals surface area contributed by atoms with Crippen molar-refractivity contribution in [2.45, 2.75) is 47.6 Å². The smallest absolute Gasteiger partial charge is 0.354 e. The van der Waals surface area contributed by atoms with Crippen LogP contribution in [0, 0.1) is 27.7 Å². The van der Waals surface area contributed by atoms with Gasteiger partial charge in [0.05, 0.1) is 0 Å². The standard InChI is InChI=1S/C22H28N6O5.C8H11N3O2/c1-5-23-22-25-14(4)8-17(26-22)21-27-20(28-33-21)15-6-12(2)19(13(3)7-15)32-11-16(30)9-24-18(31)10-29;1-3-9-8-10-5(2)4-6(11-8)7(12)13/h6-8,16,29-30H,5,9-11H2,1-4H3,(H,24,31)(H,23,25,26);4H,3H2,1-2H3,(H,12,13)(H,9,10,11). The zero-order valence-electron chi connectivity index (χ0n) is 26.6. The highest BCUT2D eigenvalue weighted by Gasteiger charge is 2.17. The number of hydrogen-bond donors (Lipinski definition) is 6. The molecule has 4 rings (SSSR count). The van der Waals surface area contributed by atoms with Gasteiger partial charge in [-0.1, -0.05) is 5.16 Å². The highest BCUT2D eigenvalue weighted by atomic mass is 16.5. The third-order valence-corrected chi connectivity index (χ3v) is 6.06. The molecule has 246 valence electrons. The number of aliphatic hydroxyl groups excluding tert-OH is 2. The first kappa shape index (κ1) is 35.3. The first-order valence-electron chi connectivity index (χ1n) is 14.5. The Balaban J connectivity index is 0.000000370. The zero-order valence-corrected chi connectivity index (χ0v) is 26.6. The van der Waals surface area contributed by atoms with Crippen molar-refractivity contribution in [2.24, 2.45) is 0 Å². The van der Waals surface area contributed by atoms with E-state index in [4.69, 9.17) is 19.5 Å². The molecular formula is C30H39N9O7. The lowest BCUT2D eigenvalue weighted by Crippen LogP contribution is -2.36. The molecular weight excluding hydrogens is 598 g/mol. The highest BCUT2D eigenvalue weighted by Crippen LogP contribution is 2.30. The van der Waals surface area contributed by atoms with Gasteiger partial charge in [-0.3, -0.25) is 4.79 Å². The van der Waals surface area contributed by atoms with Gasteiger partial charge in [-0.15, -0.1) is 0 Å². The van der Waals surface area contributed by atoms with Gasteiger partial charge in [0, 0.05) is 36.6 Å². The van der Waals surface area contributed by atoms with E-state index in [-0.39, 0.29) is 18.8 Å². The Kier molecular flexibility index (Phi) is 12.8. The maximum atomic E-state index is 11.1. The topological polar surface area (TPSA) is 231 Å². The third kappa shape index (κ3) is 10.2. The van der Waals surface area contributed by atoms with Crippen molar-refractivity contribution in [3.8, 4) is 28.7 Å². The number of ether oxygens (including phenoxy) is 1. The van der Waals surface area contributed by atoms with Crippen LogP contribution in [0.2, 0.25) is 0 Å². The Morgan fingerprint density at radius 3 is 2.09 bits per heavy atom. The Morgan fingerprint density at radius 1 is 0.891 bits per heavy atom. The van der Waals surface area contributed by atoms with E-state index in [0.717, 1.165) is 22.4 Å². The monoisotopic (exact) mass is 637 g/mol. The van der Waals surface area contributed by atoms with Crippen LogP contribution in [-0.2, 0) is 4.79 Å². The summed E-state index contributed by atoms with van der Waals surface area (Å²) in [6.07, 6.45) is -0.915. The van der Waals surface area contributed by atoms with Crippen LogP contribution in [0.4, 0.5) is 11.9 Å². The number of anilines is 2. The molecule has 46 heavy (non-hydrogen) atoms. The molecule has 0 saturated heterocycles. The Hall–Kier alpha value is -5.22. The molecule has 3 aromatic heterocycles. The van der Waals surface area contributed by atoms with Crippen molar-refractivity contribution in [3.63, 3.8) is 0 Å². The third-order valence-electron chi connectivity index (χ3n) is 6.06. The van der Waals surface area contributed by atoms with Crippen molar-refractivity contribution in [2.75, 3.05) is 43.5 Å². The molecule has 0 bridgehead atoms. The fraction of sp³-hybridized carbons (Fsp3) is 0.400. The summed E-state index contributed by atoms with van der Waals surface area (Å²) in [7, 11) is 0. The molecule has 0 aliphatic carbocycles. The minimum absolute atomic E-state index is 0.0136. The second-order valence-electron chi connectivity index (χ2n) is 10.1.